The maximum Gasteiger partial charge on any atom is 0.240 e. The number of carbonyl (C=O) groups is 1. The van der Waals surface area contributed by atoms with E-state index in [9.17, 15) is 13.2 Å². The summed E-state index contributed by atoms with van der Waals surface area (Å²) in [6.07, 6.45) is 3.67. The van der Waals surface area contributed by atoms with E-state index in [1.807, 2.05) is 19.1 Å². The van der Waals surface area contributed by atoms with E-state index in [0.29, 0.717) is 5.69 Å². The lowest BCUT2D eigenvalue weighted by Gasteiger charge is -2.08. The average Bonchev–Trinajstić information content (AvgIpc) is 3.33. The van der Waals surface area contributed by atoms with Gasteiger partial charge < -0.3 is 5.32 Å². The van der Waals surface area contributed by atoms with Crippen LogP contribution in [0.5, 0.6) is 0 Å². The van der Waals surface area contributed by atoms with E-state index in [0.717, 1.165) is 24.1 Å². The molecule has 2 aromatic rings. The number of nitrogens with one attached hydrogen (secondary N) is 2. The van der Waals surface area contributed by atoms with E-state index in [1.54, 1.807) is 18.3 Å². The van der Waals surface area contributed by atoms with Crippen molar-refractivity contribution < 1.29 is 13.2 Å². The van der Waals surface area contributed by atoms with Crippen molar-refractivity contribution in [1.82, 2.24) is 9.71 Å². The second-order valence-electron chi connectivity index (χ2n) is 5.95. The van der Waals surface area contributed by atoms with Gasteiger partial charge in [-0.3, -0.25) is 9.78 Å². The van der Waals surface area contributed by atoms with Crippen molar-refractivity contribution in [3.05, 3.63) is 53.9 Å². The van der Waals surface area contributed by atoms with Crippen LogP contribution in [0.25, 0.3) is 0 Å². The Bertz CT molecular complexity index is 826. The van der Waals surface area contributed by atoms with Gasteiger partial charge in [0.15, 0.2) is 0 Å². The number of rotatable bonds is 6. The minimum atomic E-state index is -3.47. The second kappa shape index (κ2) is 6.70. The Morgan fingerprint density at radius 3 is 2.46 bits per heavy atom. The number of pyridine rings is 1. The van der Waals surface area contributed by atoms with Gasteiger partial charge in [0.1, 0.15) is 0 Å². The smallest absolute Gasteiger partial charge is 0.240 e. The number of amides is 1. The summed E-state index contributed by atoms with van der Waals surface area (Å²) < 4.78 is 26.8. The Hall–Kier alpha value is -2.25. The molecule has 0 atom stereocenters. The van der Waals surface area contributed by atoms with Crippen LogP contribution in [-0.4, -0.2) is 25.4 Å². The van der Waals surface area contributed by atoms with Crippen molar-refractivity contribution >= 4 is 21.6 Å². The molecule has 7 heteroatoms. The van der Waals surface area contributed by atoms with Crippen molar-refractivity contribution in [3.8, 4) is 0 Å². The normalized spacial score (nSPS) is 14.4. The number of benzene rings is 1. The Balaban J connectivity index is 1.61. The van der Waals surface area contributed by atoms with Crippen molar-refractivity contribution in [1.29, 1.82) is 0 Å². The molecule has 6 nitrogen and oxygen atoms in total. The highest BCUT2D eigenvalue weighted by Crippen LogP contribution is 2.22. The summed E-state index contributed by atoms with van der Waals surface area (Å²) in [5.41, 5.74) is 2.28. The fraction of sp³-hybridized carbons (Fsp3) is 0.294. The van der Waals surface area contributed by atoms with E-state index in [2.05, 4.69) is 15.0 Å². The molecule has 126 valence electrons. The first kappa shape index (κ1) is 16.6. The van der Waals surface area contributed by atoms with Gasteiger partial charge in [0, 0.05) is 23.6 Å². The fourth-order valence-electron chi connectivity index (χ4n) is 2.20. The molecule has 1 aromatic carbocycles. The standard InChI is InChI=1S/C17H19N3O3S/c1-12-2-3-13(11-18-12)10-17(21)19-14-6-8-16(9-7-14)24(22,23)20-15-4-5-15/h2-3,6-9,11,15,20H,4-5,10H2,1H3,(H,19,21). The molecule has 0 unspecified atom stereocenters. The van der Waals surface area contributed by atoms with Gasteiger partial charge in [0.25, 0.3) is 0 Å². The highest BCUT2D eigenvalue weighted by molar-refractivity contribution is 7.89. The number of anilines is 1. The first-order valence-electron chi connectivity index (χ1n) is 7.76. The highest BCUT2D eigenvalue weighted by Gasteiger charge is 2.27. The quantitative estimate of drug-likeness (QED) is 0.838. The fourth-order valence-corrected chi connectivity index (χ4v) is 3.50. The monoisotopic (exact) mass is 345 g/mol. The summed E-state index contributed by atoms with van der Waals surface area (Å²) in [5.74, 6) is -0.174. The zero-order valence-electron chi connectivity index (χ0n) is 13.3. The van der Waals surface area contributed by atoms with Gasteiger partial charge in [0.2, 0.25) is 15.9 Å². The molecule has 1 saturated carbocycles. The number of nitrogens with zero attached hydrogens (tertiary/aromatic N) is 1. The van der Waals surface area contributed by atoms with Crippen molar-refractivity contribution in [3.63, 3.8) is 0 Å². The lowest BCUT2D eigenvalue weighted by atomic mass is 10.2. The zero-order valence-corrected chi connectivity index (χ0v) is 14.1. The van der Waals surface area contributed by atoms with Crippen LogP contribution in [0.4, 0.5) is 5.69 Å². The van der Waals surface area contributed by atoms with Gasteiger partial charge in [0.05, 0.1) is 11.3 Å². The number of hydrogen-bond acceptors (Lipinski definition) is 4. The molecule has 0 saturated heterocycles. The first-order valence-corrected chi connectivity index (χ1v) is 9.24. The summed E-state index contributed by atoms with van der Waals surface area (Å²) in [4.78, 5) is 16.4. The third-order valence-corrected chi connectivity index (χ3v) is 5.22. The van der Waals surface area contributed by atoms with Crippen molar-refractivity contribution in [2.24, 2.45) is 0 Å². The molecule has 0 bridgehead atoms. The summed E-state index contributed by atoms with van der Waals surface area (Å²) in [5, 5.41) is 2.75. The third-order valence-electron chi connectivity index (χ3n) is 3.68. The molecule has 0 radical (unpaired) electrons. The van der Waals surface area contributed by atoms with Crippen LogP contribution in [0.15, 0.2) is 47.5 Å². The molecule has 1 amide bonds. The van der Waals surface area contributed by atoms with Crippen LogP contribution in [0.1, 0.15) is 24.1 Å². The minimum Gasteiger partial charge on any atom is -0.326 e. The topological polar surface area (TPSA) is 88.2 Å². The van der Waals surface area contributed by atoms with E-state index >= 15 is 0 Å². The van der Waals surface area contributed by atoms with Crippen LogP contribution in [-0.2, 0) is 21.2 Å². The predicted octanol–water partition coefficient (Wildman–Crippen LogP) is 2.01. The first-order chi connectivity index (χ1) is 11.4. The van der Waals surface area contributed by atoms with Gasteiger partial charge in [-0.05, 0) is 55.7 Å². The highest BCUT2D eigenvalue weighted by atomic mass is 32.2. The molecule has 1 heterocycles. The summed E-state index contributed by atoms with van der Waals surface area (Å²) in [7, 11) is -3.47. The molecule has 1 aromatic heterocycles. The maximum absolute atomic E-state index is 12.1. The summed E-state index contributed by atoms with van der Waals surface area (Å²) in [6.45, 7) is 1.89. The van der Waals surface area contributed by atoms with E-state index in [4.69, 9.17) is 0 Å². The molecule has 1 fully saturated rings. The Morgan fingerprint density at radius 1 is 1.17 bits per heavy atom. The number of aromatic nitrogens is 1. The number of carbonyl (C=O) groups excluding carboxylic acids is 1. The van der Waals surface area contributed by atoms with Gasteiger partial charge >= 0.3 is 0 Å². The molecule has 0 spiro atoms. The number of sulfonamides is 1. The summed E-state index contributed by atoms with van der Waals surface area (Å²) in [6, 6.07) is 9.95. The van der Waals surface area contributed by atoms with Crippen LogP contribution in [0, 0.1) is 6.92 Å². The van der Waals surface area contributed by atoms with E-state index in [-0.39, 0.29) is 23.3 Å². The molecular formula is C17H19N3O3S. The molecular weight excluding hydrogens is 326 g/mol. The zero-order chi connectivity index (χ0) is 17.2. The van der Waals surface area contributed by atoms with Crippen LogP contribution < -0.4 is 10.0 Å². The van der Waals surface area contributed by atoms with Gasteiger partial charge in [-0.2, -0.15) is 0 Å². The van der Waals surface area contributed by atoms with Crippen LogP contribution in [0.3, 0.4) is 0 Å². The van der Waals surface area contributed by atoms with Gasteiger partial charge in [-0.25, -0.2) is 13.1 Å². The molecule has 2 N–H and O–H groups in total. The molecule has 1 aliphatic rings. The third kappa shape index (κ3) is 4.39. The lowest BCUT2D eigenvalue weighted by molar-refractivity contribution is -0.115. The van der Waals surface area contributed by atoms with E-state index < -0.39 is 10.0 Å². The van der Waals surface area contributed by atoms with Crippen LogP contribution in [0.2, 0.25) is 0 Å². The SMILES string of the molecule is Cc1ccc(CC(=O)Nc2ccc(S(=O)(=O)NC3CC3)cc2)cn1. The van der Waals surface area contributed by atoms with Crippen molar-refractivity contribution in [2.75, 3.05) is 5.32 Å². The summed E-state index contributed by atoms with van der Waals surface area (Å²) >= 11 is 0. The Labute approximate surface area is 141 Å². The average molecular weight is 345 g/mol. The molecule has 3 rings (SSSR count). The maximum atomic E-state index is 12.1. The van der Waals surface area contributed by atoms with Gasteiger partial charge in [-0.15, -0.1) is 0 Å². The largest absolute Gasteiger partial charge is 0.326 e. The van der Waals surface area contributed by atoms with Crippen LogP contribution >= 0.6 is 0 Å². The molecule has 24 heavy (non-hydrogen) atoms. The minimum absolute atomic E-state index is 0.0671. The number of aryl methyl sites for hydroxylation is 1. The molecule has 0 aliphatic heterocycles. The van der Waals surface area contributed by atoms with E-state index in [1.165, 1.54) is 12.1 Å². The van der Waals surface area contributed by atoms with Crippen molar-refractivity contribution in [2.45, 2.75) is 37.1 Å². The number of hydrogen-bond donors (Lipinski definition) is 2. The Kier molecular flexibility index (Phi) is 4.64. The van der Waals surface area contributed by atoms with Gasteiger partial charge in [-0.1, -0.05) is 6.07 Å². The predicted molar refractivity (Wildman–Crippen MR) is 91.1 cm³/mol. The lowest BCUT2D eigenvalue weighted by Crippen LogP contribution is -2.25. The molecule has 1 aliphatic carbocycles. The Morgan fingerprint density at radius 2 is 1.88 bits per heavy atom. The second-order valence-corrected chi connectivity index (χ2v) is 7.67.